The molecule has 2 N–H and O–H groups in total. The van der Waals surface area contributed by atoms with E-state index in [4.69, 9.17) is 11.6 Å². The predicted molar refractivity (Wildman–Crippen MR) is 48.2 cm³/mol. The molecule has 3 nitrogen and oxygen atoms in total. The number of halogens is 3. The summed E-state index contributed by atoms with van der Waals surface area (Å²) in [5.74, 6) is -2.60. The SMILES string of the molecule is NS(=O)(=O)Cc1c(F)ccc(F)c1Cl. The molecule has 1 aromatic rings. The molecule has 0 saturated carbocycles. The molecule has 0 heterocycles. The third-order valence-corrected chi connectivity index (χ3v) is 2.58. The van der Waals surface area contributed by atoms with Gasteiger partial charge in [0.15, 0.2) is 0 Å². The summed E-state index contributed by atoms with van der Waals surface area (Å²) in [7, 11) is -3.93. The summed E-state index contributed by atoms with van der Waals surface area (Å²) in [5, 5.41) is 4.12. The van der Waals surface area contributed by atoms with Gasteiger partial charge in [-0.1, -0.05) is 11.6 Å². The van der Waals surface area contributed by atoms with Crippen LogP contribution in [0.3, 0.4) is 0 Å². The Kier molecular flexibility index (Phi) is 3.08. The lowest BCUT2D eigenvalue weighted by atomic mass is 10.2. The van der Waals surface area contributed by atoms with Gasteiger partial charge in [0.25, 0.3) is 0 Å². The maximum Gasteiger partial charge on any atom is 0.213 e. The van der Waals surface area contributed by atoms with Gasteiger partial charge in [0.05, 0.1) is 10.8 Å². The summed E-state index contributed by atoms with van der Waals surface area (Å²) in [6, 6.07) is 1.60. The van der Waals surface area contributed by atoms with Crippen molar-refractivity contribution in [1.29, 1.82) is 0 Å². The number of benzene rings is 1. The molecule has 0 saturated heterocycles. The third kappa shape index (κ3) is 2.63. The van der Waals surface area contributed by atoms with Crippen LogP contribution >= 0.6 is 11.6 Å². The highest BCUT2D eigenvalue weighted by Crippen LogP contribution is 2.23. The van der Waals surface area contributed by atoms with Crippen molar-refractivity contribution in [3.63, 3.8) is 0 Å². The summed E-state index contributed by atoms with van der Waals surface area (Å²) >= 11 is 5.37. The Morgan fingerprint density at radius 2 is 1.79 bits per heavy atom. The third-order valence-electron chi connectivity index (χ3n) is 1.48. The van der Waals surface area contributed by atoms with Gasteiger partial charge in [-0.25, -0.2) is 22.3 Å². The molecule has 0 atom stereocenters. The van der Waals surface area contributed by atoms with Crippen molar-refractivity contribution in [1.82, 2.24) is 0 Å². The zero-order chi connectivity index (χ0) is 10.9. The van der Waals surface area contributed by atoms with E-state index in [1.54, 1.807) is 0 Å². The highest BCUT2D eigenvalue weighted by molar-refractivity contribution is 7.88. The Labute approximate surface area is 84.5 Å². The van der Waals surface area contributed by atoms with E-state index >= 15 is 0 Å². The van der Waals surface area contributed by atoms with Crippen molar-refractivity contribution in [2.75, 3.05) is 0 Å². The van der Waals surface area contributed by atoms with E-state index in [0.717, 1.165) is 12.1 Å². The standard InChI is InChI=1S/C7H6ClF2NO2S/c8-7-4(3-14(11,12)13)5(9)1-2-6(7)10/h1-2H,3H2,(H2,11,12,13). The maximum absolute atomic E-state index is 13.0. The molecular formula is C7H6ClF2NO2S. The van der Waals surface area contributed by atoms with E-state index in [1.165, 1.54) is 0 Å². The molecule has 0 spiro atoms. The van der Waals surface area contributed by atoms with Gasteiger partial charge in [-0.05, 0) is 12.1 Å². The fourth-order valence-corrected chi connectivity index (χ4v) is 1.89. The Bertz CT molecular complexity index is 461. The fraction of sp³-hybridized carbons (Fsp3) is 0.143. The molecule has 0 aliphatic carbocycles. The van der Waals surface area contributed by atoms with Crippen LogP contribution in [-0.2, 0) is 15.8 Å². The van der Waals surface area contributed by atoms with Gasteiger partial charge < -0.3 is 0 Å². The van der Waals surface area contributed by atoms with Crippen LogP contribution in [0, 0.1) is 11.6 Å². The van der Waals surface area contributed by atoms with Crippen LogP contribution in [0.5, 0.6) is 0 Å². The number of nitrogens with two attached hydrogens (primary N) is 1. The summed E-state index contributed by atoms with van der Waals surface area (Å²) in [6.45, 7) is 0. The molecule has 0 amide bonds. The number of sulfonamides is 1. The van der Waals surface area contributed by atoms with E-state index in [0.29, 0.717) is 0 Å². The Morgan fingerprint density at radius 3 is 2.29 bits per heavy atom. The topological polar surface area (TPSA) is 60.2 Å². The first-order valence-corrected chi connectivity index (χ1v) is 5.53. The van der Waals surface area contributed by atoms with Gasteiger partial charge in [-0.2, -0.15) is 0 Å². The minimum Gasteiger partial charge on any atom is -0.228 e. The first-order chi connectivity index (χ1) is 6.31. The number of hydrogen-bond acceptors (Lipinski definition) is 2. The predicted octanol–water partition coefficient (Wildman–Crippen LogP) is 1.41. The molecule has 0 unspecified atom stereocenters. The van der Waals surface area contributed by atoms with Gasteiger partial charge in [0.2, 0.25) is 10.0 Å². The quantitative estimate of drug-likeness (QED) is 0.796. The van der Waals surface area contributed by atoms with Crippen molar-refractivity contribution in [2.24, 2.45) is 5.14 Å². The van der Waals surface area contributed by atoms with Crippen molar-refractivity contribution in [2.45, 2.75) is 5.75 Å². The van der Waals surface area contributed by atoms with Crippen LogP contribution in [0.1, 0.15) is 5.56 Å². The summed E-state index contributed by atoms with van der Waals surface area (Å²) in [5.41, 5.74) is -0.450. The van der Waals surface area contributed by atoms with Crippen LogP contribution in [0.4, 0.5) is 8.78 Å². The number of hydrogen-bond donors (Lipinski definition) is 1. The van der Waals surface area contributed by atoms with Crippen molar-refractivity contribution in [3.05, 3.63) is 34.4 Å². The van der Waals surface area contributed by atoms with E-state index in [1.807, 2.05) is 0 Å². The van der Waals surface area contributed by atoms with E-state index in [9.17, 15) is 17.2 Å². The average molecular weight is 242 g/mol. The lowest BCUT2D eigenvalue weighted by Gasteiger charge is -2.04. The van der Waals surface area contributed by atoms with Gasteiger partial charge in [0.1, 0.15) is 11.6 Å². The molecule has 7 heteroatoms. The van der Waals surface area contributed by atoms with Crippen LogP contribution < -0.4 is 5.14 Å². The average Bonchev–Trinajstić information content (AvgIpc) is 2.04. The van der Waals surface area contributed by atoms with Crippen molar-refractivity contribution in [3.8, 4) is 0 Å². The molecule has 0 fully saturated rings. The molecule has 1 rings (SSSR count). The minimum atomic E-state index is -3.93. The lowest BCUT2D eigenvalue weighted by molar-refractivity contribution is 0.579. The van der Waals surface area contributed by atoms with Gasteiger partial charge in [0, 0.05) is 5.56 Å². The summed E-state index contributed by atoms with van der Waals surface area (Å²) < 4.78 is 47.1. The van der Waals surface area contributed by atoms with E-state index < -0.39 is 38.0 Å². The zero-order valence-corrected chi connectivity index (χ0v) is 8.37. The van der Waals surface area contributed by atoms with Crippen LogP contribution in [0.2, 0.25) is 5.02 Å². The Hall–Kier alpha value is -0.720. The second-order valence-electron chi connectivity index (χ2n) is 2.63. The molecular weight excluding hydrogens is 236 g/mol. The summed E-state index contributed by atoms with van der Waals surface area (Å²) in [4.78, 5) is 0. The highest BCUT2D eigenvalue weighted by atomic mass is 35.5. The maximum atomic E-state index is 13.0. The minimum absolute atomic E-state index is 0.450. The first kappa shape index (κ1) is 11.4. The molecule has 0 aliphatic heterocycles. The Balaban J connectivity index is 3.27. The van der Waals surface area contributed by atoms with Gasteiger partial charge >= 0.3 is 0 Å². The second-order valence-corrected chi connectivity index (χ2v) is 4.62. The van der Waals surface area contributed by atoms with Gasteiger partial charge in [-0.15, -0.1) is 0 Å². The largest absolute Gasteiger partial charge is 0.228 e. The van der Waals surface area contributed by atoms with Crippen LogP contribution in [0.15, 0.2) is 12.1 Å². The number of primary sulfonamides is 1. The smallest absolute Gasteiger partial charge is 0.213 e. The van der Waals surface area contributed by atoms with Crippen molar-refractivity contribution < 1.29 is 17.2 Å². The molecule has 1 aromatic carbocycles. The molecule has 0 aromatic heterocycles. The first-order valence-electron chi connectivity index (χ1n) is 3.44. The molecule has 14 heavy (non-hydrogen) atoms. The summed E-state index contributed by atoms with van der Waals surface area (Å²) in [6.07, 6.45) is 0. The molecule has 0 radical (unpaired) electrons. The van der Waals surface area contributed by atoms with Crippen LogP contribution in [0.25, 0.3) is 0 Å². The molecule has 0 bridgehead atoms. The molecule has 78 valence electrons. The Morgan fingerprint density at radius 1 is 1.29 bits per heavy atom. The fourth-order valence-electron chi connectivity index (χ4n) is 0.903. The number of rotatable bonds is 2. The van der Waals surface area contributed by atoms with Crippen molar-refractivity contribution >= 4 is 21.6 Å². The normalized spacial score (nSPS) is 11.7. The van der Waals surface area contributed by atoms with Gasteiger partial charge in [-0.3, -0.25) is 0 Å². The van der Waals surface area contributed by atoms with E-state index in [2.05, 4.69) is 5.14 Å². The highest BCUT2D eigenvalue weighted by Gasteiger charge is 2.16. The lowest BCUT2D eigenvalue weighted by Crippen LogP contribution is -2.16. The monoisotopic (exact) mass is 241 g/mol. The second kappa shape index (κ2) is 3.80. The van der Waals surface area contributed by atoms with Crippen LogP contribution in [-0.4, -0.2) is 8.42 Å². The zero-order valence-electron chi connectivity index (χ0n) is 6.80. The van der Waals surface area contributed by atoms with E-state index in [-0.39, 0.29) is 0 Å². The molecule has 0 aliphatic rings.